The Labute approximate surface area is 84.9 Å². The molecule has 74 valence electrons. The molecule has 1 rings (SSSR count). The molecule has 0 radical (unpaired) electrons. The molecule has 0 aliphatic rings. The average molecular weight is 201 g/mol. The van der Waals surface area contributed by atoms with Crippen LogP contribution >= 0.6 is 11.6 Å². The third-order valence-electron chi connectivity index (χ3n) is 2.31. The summed E-state index contributed by atoms with van der Waals surface area (Å²) in [6.45, 7) is 8.51. The summed E-state index contributed by atoms with van der Waals surface area (Å²) in [5, 5.41) is 5.21. The van der Waals surface area contributed by atoms with Gasteiger partial charge in [0, 0.05) is 0 Å². The molecule has 1 aromatic heterocycles. The van der Waals surface area contributed by atoms with Crippen molar-refractivity contribution >= 4 is 11.6 Å². The van der Waals surface area contributed by atoms with Crippen molar-refractivity contribution in [1.29, 1.82) is 0 Å². The van der Waals surface area contributed by atoms with Crippen LogP contribution in [0.1, 0.15) is 51.8 Å². The predicted molar refractivity (Wildman–Crippen MR) is 56.3 cm³/mol. The van der Waals surface area contributed by atoms with Gasteiger partial charge >= 0.3 is 0 Å². The zero-order chi connectivity index (χ0) is 10.0. The molecule has 1 aromatic rings. The molecule has 0 aliphatic carbocycles. The van der Waals surface area contributed by atoms with Crippen molar-refractivity contribution in [2.75, 3.05) is 0 Å². The molecule has 0 amide bonds. The van der Waals surface area contributed by atoms with E-state index in [4.69, 9.17) is 11.6 Å². The van der Waals surface area contributed by atoms with E-state index in [-0.39, 0.29) is 0 Å². The lowest BCUT2D eigenvalue weighted by atomic mass is 10.1. The maximum atomic E-state index is 6.06. The first-order valence-electron chi connectivity index (χ1n) is 4.81. The molecular formula is C10H17ClN2. The minimum Gasteiger partial charge on any atom is -0.251 e. The summed E-state index contributed by atoms with van der Waals surface area (Å²) in [6.07, 6.45) is 1.05. The minimum absolute atomic E-state index is 0.389. The lowest BCUT2D eigenvalue weighted by Gasteiger charge is -2.10. The summed E-state index contributed by atoms with van der Waals surface area (Å²) in [7, 11) is 0. The van der Waals surface area contributed by atoms with Gasteiger partial charge in [-0.2, -0.15) is 5.10 Å². The summed E-state index contributed by atoms with van der Waals surface area (Å²) >= 11 is 6.06. The van der Waals surface area contributed by atoms with Gasteiger partial charge in [-0.15, -0.1) is 0 Å². The minimum atomic E-state index is 0.389. The number of aromatic nitrogens is 2. The second-order valence-corrected chi connectivity index (χ2v) is 4.14. The Hall–Kier alpha value is -0.500. The number of rotatable bonds is 3. The molecule has 0 fully saturated rings. The Morgan fingerprint density at radius 3 is 2.46 bits per heavy atom. The quantitative estimate of drug-likeness (QED) is 0.729. The van der Waals surface area contributed by atoms with Crippen LogP contribution in [-0.4, -0.2) is 9.78 Å². The van der Waals surface area contributed by atoms with E-state index >= 15 is 0 Å². The van der Waals surface area contributed by atoms with E-state index in [1.807, 2.05) is 10.7 Å². The first-order valence-corrected chi connectivity index (χ1v) is 5.19. The van der Waals surface area contributed by atoms with Crippen LogP contribution in [-0.2, 0) is 0 Å². The first-order chi connectivity index (χ1) is 6.06. The van der Waals surface area contributed by atoms with Crippen molar-refractivity contribution in [3.63, 3.8) is 0 Å². The van der Waals surface area contributed by atoms with Crippen molar-refractivity contribution < 1.29 is 0 Å². The molecule has 0 spiro atoms. The van der Waals surface area contributed by atoms with Crippen LogP contribution in [0, 0.1) is 0 Å². The maximum absolute atomic E-state index is 6.06. The highest BCUT2D eigenvalue weighted by atomic mass is 35.5. The maximum Gasteiger partial charge on any atom is 0.127 e. The molecule has 1 heterocycles. The highest BCUT2D eigenvalue weighted by molar-refractivity contribution is 6.29. The number of hydrogen-bond donors (Lipinski definition) is 0. The average Bonchev–Trinajstić information content (AvgIpc) is 2.46. The van der Waals surface area contributed by atoms with Gasteiger partial charge in [-0.3, -0.25) is 4.68 Å². The monoisotopic (exact) mass is 200 g/mol. The third-order valence-corrected chi connectivity index (χ3v) is 2.59. The predicted octanol–water partition coefficient (Wildman–Crippen LogP) is 3.63. The second-order valence-electron chi connectivity index (χ2n) is 3.75. The Balaban J connectivity index is 2.96. The molecule has 0 N–H and O–H groups in total. The fourth-order valence-corrected chi connectivity index (χ4v) is 1.47. The highest BCUT2D eigenvalue weighted by Gasteiger charge is 2.12. The van der Waals surface area contributed by atoms with E-state index in [9.17, 15) is 0 Å². The van der Waals surface area contributed by atoms with E-state index in [1.165, 1.54) is 0 Å². The van der Waals surface area contributed by atoms with Gasteiger partial charge in [0.15, 0.2) is 0 Å². The van der Waals surface area contributed by atoms with Gasteiger partial charge in [-0.05, 0) is 25.3 Å². The van der Waals surface area contributed by atoms with E-state index < -0.39 is 0 Å². The van der Waals surface area contributed by atoms with Gasteiger partial charge in [0.05, 0.1) is 11.7 Å². The molecule has 0 aliphatic heterocycles. The Morgan fingerprint density at radius 2 is 2.08 bits per heavy atom. The van der Waals surface area contributed by atoms with Crippen LogP contribution in [0.25, 0.3) is 0 Å². The summed E-state index contributed by atoms with van der Waals surface area (Å²) in [4.78, 5) is 0. The van der Waals surface area contributed by atoms with Gasteiger partial charge < -0.3 is 0 Å². The molecule has 0 saturated heterocycles. The van der Waals surface area contributed by atoms with Crippen molar-refractivity contribution in [2.45, 2.75) is 46.1 Å². The Morgan fingerprint density at radius 1 is 1.46 bits per heavy atom. The zero-order valence-corrected chi connectivity index (χ0v) is 9.47. The van der Waals surface area contributed by atoms with Crippen LogP contribution in [0.15, 0.2) is 6.07 Å². The fraction of sp³-hybridized carbons (Fsp3) is 0.700. The van der Waals surface area contributed by atoms with Gasteiger partial charge in [-0.25, -0.2) is 0 Å². The normalized spacial score (nSPS) is 13.7. The van der Waals surface area contributed by atoms with Gasteiger partial charge in [0.1, 0.15) is 5.15 Å². The van der Waals surface area contributed by atoms with E-state index in [0.717, 1.165) is 17.3 Å². The Kier molecular flexibility index (Phi) is 3.37. The third kappa shape index (κ3) is 2.25. The zero-order valence-electron chi connectivity index (χ0n) is 8.71. The molecule has 0 saturated carbocycles. The number of halogens is 1. The van der Waals surface area contributed by atoms with E-state index in [2.05, 4.69) is 32.8 Å². The molecule has 1 unspecified atom stereocenters. The number of nitrogens with zero attached hydrogens (tertiary/aromatic N) is 2. The molecule has 0 bridgehead atoms. The smallest absolute Gasteiger partial charge is 0.127 e. The van der Waals surface area contributed by atoms with Gasteiger partial charge in [0.2, 0.25) is 0 Å². The lowest BCUT2D eigenvalue weighted by molar-refractivity contribution is 0.472. The molecular weight excluding hydrogens is 184 g/mol. The Bertz CT molecular complexity index is 278. The topological polar surface area (TPSA) is 17.8 Å². The fourth-order valence-electron chi connectivity index (χ4n) is 1.15. The van der Waals surface area contributed by atoms with Crippen molar-refractivity contribution in [3.05, 3.63) is 16.9 Å². The molecule has 13 heavy (non-hydrogen) atoms. The SMILES string of the molecule is CCC(C)n1nc(C(C)C)cc1Cl. The lowest BCUT2D eigenvalue weighted by Crippen LogP contribution is -2.06. The summed E-state index contributed by atoms with van der Waals surface area (Å²) < 4.78 is 1.90. The van der Waals surface area contributed by atoms with E-state index in [1.54, 1.807) is 0 Å². The van der Waals surface area contributed by atoms with E-state index in [0.29, 0.717) is 12.0 Å². The summed E-state index contributed by atoms with van der Waals surface area (Å²) in [5.74, 6) is 0.447. The summed E-state index contributed by atoms with van der Waals surface area (Å²) in [6, 6.07) is 2.35. The standard InChI is InChI=1S/C10H17ClN2/c1-5-8(4)13-10(11)6-9(12-13)7(2)3/h6-8H,5H2,1-4H3. The largest absolute Gasteiger partial charge is 0.251 e. The van der Waals surface area contributed by atoms with Crippen LogP contribution < -0.4 is 0 Å². The molecule has 1 atom stereocenters. The molecule has 0 aromatic carbocycles. The molecule has 3 heteroatoms. The van der Waals surface area contributed by atoms with Crippen LogP contribution in [0.3, 0.4) is 0 Å². The second kappa shape index (κ2) is 4.14. The van der Waals surface area contributed by atoms with Crippen LogP contribution in [0.2, 0.25) is 5.15 Å². The van der Waals surface area contributed by atoms with Crippen molar-refractivity contribution in [2.24, 2.45) is 0 Å². The van der Waals surface area contributed by atoms with Gasteiger partial charge in [0.25, 0.3) is 0 Å². The van der Waals surface area contributed by atoms with Gasteiger partial charge in [-0.1, -0.05) is 32.4 Å². The van der Waals surface area contributed by atoms with Crippen LogP contribution in [0.4, 0.5) is 0 Å². The van der Waals surface area contributed by atoms with Crippen molar-refractivity contribution in [1.82, 2.24) is 9.78 Å². The first kappa shape index (κ1) is 10.6. The van der Waals surface area contributed by atoms with Crippen LogP contribution in [0.5, 0.6) is 0 Å². The highest BCUT2D eigenvalue weighted by Crippen LogP contribution is 2.22. The van der Waals surface area contributed by atoms with Crippen molar-refractivity contribution in [3.8, 4) is 0 Å². The summed E-state index contributed by atoms with van der Waals surface area (Å²) in [5.41, 5.74) is 1.07. The number of hydrogen-bond acceptors (Lipinski definition) is 1. The molecule has 2 nitrogen and oxygen atoms in total.